The van der Waals surface area contributed by atoms with Crippen molar-refractivity contribution >= 4 is 5.91 Å². The zero-order valence-electron chi connectivity index (χ0n) is 14.9. The number of ether oxygens (including phenoxy) is 1. The van der Waals surface area contributed by atoms with Crippen LogP contribution in [0.1, 0.15) is 29.5 Å². The van der Waals surface area contributed by atoms with Gasteiger partial charge in [0, 0.05) is 37.4 Å². The number of nitrogens with zero attached hydrogens (tertiary/aromatic N) is 3. The maximum atomic E-state index is 14.1. The van der Waals surface area contributed by atoms with Gasteiger partial charge in [-0.2, -0.15) is 5.10 Å². The van der Waals surface area contributed by atoms with Crippen LogP contribution in [0.15, 0.2) is 35.1 Å². The first-order valence-electron chi connectivity index (χ1n) is 8.74. The lowest BCUT2D eigenvalue weighted by Gasteiger charge is -2.23. The van der Waals surface area contributed by atoms with Gasteiger partial charge in [0.15, 0.2) is 5.69 Å². The summed E-state index contributed by atoms with van der Waals surface area (Å²) in [5.41, 5.74) is 0.0102. The molecule has 1 saturated heterocycles. The number of hydrogen-bond acceptors (Lipinski definition) is 4. The third kappa shape index (κ3) is 3.67. The van der Waals surface area contributed by atoms with Gasteiger partial charge in [-0.25, -0.2) is 9.07 Å². The van der Waals surface area contributed by atoms with E-state index in [0.717, 1.165) is 6.42 Å². The Labute approximate surface area is 151 Å². The van der Waals surface area contributed by atoms with Crippen molar-refractivity contribution in [3.05, 3.63) is 57.8 Å². The topological polar surface area (TPSA) is 64.4 Å². The highest BCUT2D eigenvalue weighted by molar-refractivity contribution is 5.92. The molecule has 0 bridgehead atoms. The fourth-order valence-electron chi connectivity index (χ4n) is 3.11. The summed E-state index contributed by atoms with van der Waals surface area (Å²) in [5.74, 6) is -0.645. The zero-order valence-corrected chi connectivity index (χ0v) is 14.9. The van der Waals surface area contributed by atoms with Crippen LogP contribution in [-0.4, -0.2) is 46.9 Å². The van der Waals surface area contributed by atoms with Crippen molar-refractivity contribution in [3.63, 3.8) is 0 Å². The van der Waals surface area contributed by atoms with Gasteiger partial charge < -0.3 is 9.64 Å². The second-order valence-corrected chi connectivity index (χ2v) is 6.44. The first-order valence-corrected chi connectivity index (χ1v) is 8.74. The number of halogens is 1. The van der Waals surface area contributed by atoms with Crippen LogP contribution in [0.5, 0.6) is 0 Å². The Morgan fingerprint density at radius 2 is 2.19 bits per heavy atom. The highest BCUT2D eigenvalue weighted by Crippen LogP contribution is 2.16. The molecule has 0 aliphatic carbocycles. The zero-order chi connectivity index (χ0) is 18.7. The average molecular weight is 359 g/mol. The van der Waals surface area contributed by atoms with Crippen molar-refractivity contribution in [2.75, 3.05) is 26.3 Å². The van der Waals surface area contributed by atoms with Crippen LogP contribution in [0.25, 0.3) is 5.69 Å². The van der Waals surface area contributed by atoms with E-state index in [1.54, 1.807) is 30.0 Å². The molecule has 0 N–H and O–H groups in total. The third-order valence-electron chi connectivity index (χ3n) is 4.56. The molecule has 1 aliphatic heterocycles. The van der Waals surface area contributed by atoms with Crippen molar-refractivity contribution < 1.29 is 13.9 Å². The van der Waals surface area contributed by atoms with Crippen molar-refractivity contribution in [3.8, 4) is 5.69 Å². The molecule has 3 rings (SSSR count). The van der Waals surface area contributed by atoms with Crippen LogP contribution in [-0.2, 0) is 4.74 Å². The first-order chi connectivity index (χ1) is 12.5. The van der Waals surface area contributed by atoms with Crippen LogP contribution < -0.4 is 5.43 Å². The number of aromatic nitrogens is 2. The van der Waals surface area contributed by atoms with Gasteiger partial charge in [0.05, 0.1) is 6.61 Å². The lowest BCUT2D eigenvalue weighted by Crippen LogP contribution is -2.39. The van der Waals surface area contributed by atoms with E-state index in [-0.39, 0.29) is 17.3 Å². The summed E-state index contributed by atoms with van der Waals surface area (Å²) in [5, 5.41) is 4.19. The molecule has 1 atom stereocenters. The summed E-state index contributed by atoms with van der Waals surface area (Å²) in [6.45, 7) is 5.80. The number of carbonyl (C=O) groups is 1. The summed E-state index contributed by atoms with van der Waals surface area (Å²) in [6, 6.07) is 7.44. The van der Waals surface area contributed by atoms with E-state index in [1.165, 1.54) is 16.8 Å². The molecule has 0 saturated carbocycles. The average Bonchev–Trinajstić information content (AvgIpc) is 3.13. The van der Waals surface area contributed by atoms with Gasteiger partial charge in [0.2, 0.25) is 5.43 Å². The molecule has 1 aromatic heterocycles. The van der Waals surface area contributed by atoms with E-state index in [9.17, 15) is 14.0 Å². The van der Waals surface area contributed by atoms with E-state index in [0.29, 0.717) is 32.0 Å². The molecule has 26 heavy (non-hydrogen) atoms. The Morgan fingerprint density at radius 1 is 1.42 bits per heavy atom. The number of benzene rings is 1. The highest BCUT2D eigenvalue weighted by atomic mass is 19.1. The van der Waals surface area contributed by atoms with Gasteiger partial charge >= 0.3 is 0 Å². The van der Waals surface area contributed by atoms with Gasteiger partial charge in [0.25, 0.3) is 5.91 Å². The van der Waals surface area contributed by atoms with Crippen LogP contribution in [0.2, 0.25) is 0 Å². The highest BCUT2D eigenvalue weighted by Gasteiger charge is 2.25. The van der Waals surface area contributed by atoms with E-state index >= 15 is 0 Å². The van der Waals surface area contributed by atoms with E-state index < -0.39 is 17.2 Å². The molecule has 0 spiro atoms. The van der Waals surface area contributed by atoms with Crippen LogP contribution in [0.4, 0.5) is 4.39 Å². The standard InChI is InChI=1S/C19H22FN3O3/c1-3-22(11-14-8-9-26-12-14)19(25)18-17(24)10-13(2)23(21-18)16-7-5-4-6-15(16)20/h4-7,10,14H,3,8-9,11-12H2,1-2H3. The quantitative estimate of drug-likeness (QED) is 0.821. The molecule has 0 radical (unpaired) electrons. The number of amides is 1. The molecule has 1 aliphatic rings. The third-order valence-corrected chi connectivity index (χ3v) is 4.56. The van der Waals surface area contributed by atoms with Crippen molar-refractivity contribution in [2.24, 2.45) is 5.92 Å². The summed E-state index contributed by atoms with van der Waals surface area (Å²) in [4.78, 5) is 26.8. The molecule has 7 heteroatoms. The van der Waals surface area contributed by atoms with Crippen LogP contribution in [0, 0.1) is 18.7 Å². The molecule has 6 nitrogen and oxygen atoms in total. The van der Waals surface area contributed by atoms with Gasteiger partial charge in [-0.05, 0) is 32.4 Å². The van der Waals surface area contributed by atoms with E-state index in [2.05, 4.69) is 5.10 Å². The SMILES string of the molecule is CCN(CC1CCOC1)C(=O)c1nn(-c2ccccc2F)c(C)cc1=O. The minimum absolute atomic E-state index is 0.195. The fourth-order valence-corrected chi connectivity index (χ4v) is 3.11. The fraction of sp³-hybridized carbons (Fsp3) is 0.421. The van der Waals surface area contributed by atoms with Crippen molar-refractivity contribution in [1.82, 2.24) is 14.7 Å². The van der Waals surface area contributed by atoms with Crippen molar-refractivity contribution in [2.45, 2.75) is 20.3 Å². The second kappa shape index (κ2) is 7.78. The molecule has 1 aromatic carbocycles. The minimum atomic E-state index is -0.472. The Balaban J connectivity index is 1.96. The predicted molar refractivity (Wildman–Crippen MR) is 95.0 cm³/mol. The van der Waals surface area contributed by atoms with Gasteiger partial charge in [-0.3, -0.25) is 9.59 Å². The predicted octanol–water partition coefficient (Wildman–Crippen LogP) is 2.18. The Bertz CT molecular complexity index is 859. The maximum absolute atomic E-state index is 14.1. The maximum Gasteiger partial charge on any atom is 0.278 e. The summed E-state index contributed by atoms with van der Waals surface area (Å²) >= 11 is 0. The number of rotatable bonds is 5. The molecule has 2 aromatic rings. The monoisotopic (exact) mass is 359 g/mol. The number of carbonyl (C=O) groups excluding carboxylic acids is 1. The van der Waals surface area contributed by atoms with Gasteiger partial charge in [-0.1, -0.05) is 12.1 Å². The molecule has 1 amide bonds. The minimum Gasteiger partial charge on any atom is -0.381 e. The lowest BCUT2D eigenvalue weighted by molar-refractivity contribution is 0.0721. The second-order valence-electron chi connectivity index (χ2n) is 6.44. The first kappa shape index (κ1) is 18.3. The smallest absolute Gasteiger partial charge is 0.278 e. The Kier molecular flexibility index (Phi) is 5.46. The lowest BCUT2D eigenvalue weighted by atomic mass is 10.1. The van der Waals surface area contributed by atoms with E-state index in [1.807, 2.05) is 6.92 Å². The molecular weight excluding hydrogens is 337 g/mol. The number of hydrogen-bond donors (Lipinski definition) is 0. The van der Waals surface area contributed by atoms with Gasteiger partial charge in [-0.15, -0.1) is 0 Å². The summed E-state index contributed by atoms with van der Waals surface area (Å²) < 4.78 is 20.8. The van der Waals surface area contributed by atoms with E-state index in [4.69, 9.17) is 4.74 Å². The normalized spacial score (nSPS) is 16.7. The number of aryl methyl sites for hydroxylation is 1. The molecule has 1 fully saturated rings. The molecular formula is C19H22FN3O3. The number of para-hydroxylation sites is 1. The molecule has 2 heterocycles. The largest absolute Gasteiger partial charge is 0.381 e. The summed E-state index contributed by atoms with van der Waals surface area (Å²) in [7, 11) is 0. The van der Waals surface area contributed by atoms with Crippen molar-refractivity contribution in [1.29, 1.82) is 0 Å². The molecule has 138 valence electrons. The Morgan fingerprint density at radius 3 is 2.85 bits per heavy atom. The Hall–Kier alpha value is -2.54. The van der Waals surface area contributed by atoms with Crippen LogP contribution in [0.3, 0.4) is 0 Å². The van der Waals surface area contributed by atoms with Crippen LogP contribution >= 0.6 is 0 Å². The van der Waals surface area contributed by atoms with Gasteiger partial charge in [0.1, 0.15) is 11.5 Å². The summed E-state index contributed by atoms with van der Waals surface area (Å²) in [6.07, 6.45) is 0.893. The molecule has 1 unspecified atom stereocenters.